The van der Waals surface area contributed by atoms with Gasteiger partial charge in [0, 0.05) is 6.54 Å². The molecule has 1 aliphatic heterocycles. The molecule has 3 heteroatoms. The van der Waals surface area contributed by atoms with Crippen LogP contribution in [0.1, 0.15) is 17.2 Å². The Bertz CT molecular complexity index is 335. The first kappa shape index (κ1) is 8.26. The lowest BCUT2D eigenvalue weighted by Gasteiger charge is -2.09. The van der Waals surface area contributed by atoms with E-state index >= 15 is 0 Å². The summed E-state index contributed by atoms with van der Waals surface area (Å²) >= 11 is 0. The largest absolute Gasteiger partial charge is 0.354 e. The van der Waals surface area contributed by atoms with Crippen molar-refractivity contribution in [3.63, 3.8) is 0 Å². The van der Waals surface area contributed by atoms with Gasteiger partial charge in [-0.25, -0.2) is 0 Å². The van der Waals surface area contributed by atoms with Crippen LogP contribution in [0.3, 0.4) is 0 Å². The van der Waals surface area contributed by atoms with Crippen molar-refractivity contribution in [1.82, 2.24) is 5.32 Å². The van der Waals surface area contributed by atoms with Gasteiger partial charge in [0.2, 0.25) is 5.91 Å². The molecular weight excluding hydrogens is 164 g/mol. The molecule has 3 nitrogen and oxygen atoms in total. The zero-order valence-corrected chi connectivity index (χ0v) is 7.29. The van der Waals surface area contributed by atoms with Crippen LogP contribution in [-0.4, -0.2) is 12.5 Å². The molecule has 1 aliphatic rings. The second-order valence-electron chi connectivity index (χ2n) is 3.22. The maximum absolute atomic E-state index is 11.3. The van der Waals surface area contributed by atoms with Gasteiger partial charge in [-0.3, -0.25) is 4.79 Å². The van der Waals surface area contributed by atoms with Gasteiger partial charge in [0.1, 0.15) is 6.04 Å². The third kappa shape index (κ3) is 1.42. The Labute approximate surface area is 76.9 Å². The van der Waals surface area contributed by atoms with E-state index in [1.165, 1.54) is 5.56 Å². The molecule has 0 saturated heterocycles. The van der Waals surface area contributed by atoms with Gasteiger partial charge in [0.15, 0.2) is 0 Å². The van der Waals surface area contributed by atoms with E-state index in [0.29, 0.717) is 6.54 Å². The fourth-order valence-electron chi connectivity index (χ4n) is 1.64. The van der Waals surface area contributed by atoms with E-state index in [0.717, 1.165) is 12.0 Å². The number of hydrogen-bond donors (Lipinski definition) is 2. The Morgan fingerprint density at radius 1 is 1.38 bits per heavy atom. The SMILES string of the molecule is N[C@H]1C(=O)NCCc2ccccc21. The smallest absolute Gasteiger partial charge is 0.241 e. The van der Waals surface area contributed by atoms with Gasteiger partial charge in [-0.15, -0.1) is 0 Å². The Kier molecular flexibility index (Phi) is 2.02. The second-order valence-corrected chi connectivity index (χ2v) is 3.22. The van der Waals surface area contributed by atoms with Crippen LogP contribution >= 0.6 is 0 Å². The molecule has 3 N–H and O–H groups in total. The van der Waals surface area contributed by atoms with Crippen LogP contribution in [0, 0.1) is 0 Å². The minimum absolute atomic E-state index is 0.0787. The van der Waals surface area contributed by atoms with Gasteiger partial charge in [0.25, 0.3) is 0 Å². The molecule has 1 amide bonds. The molecule has 0 spiro atoms. The van der Waals surface area contributed by atoms with E-state index in [-0.39, 0.29) is 5.91 Å². The standard InChI is InChI=1S/C10H12N2O/c11-9-8-4-2-1-3-7(8)5-6-12-10(9)13/h1-4,9H,5-6,11H2,(H,12,13)/t9-/m1/s1. The molecule has 0 unspecified atom stereocenters. The number of carbonyl (C=O) groups is 1. The molecule has 13 heavy (non-hydrogen) atoms. The first-order valence-electron chi connectivity index (χ1n) is 4.40. The molecule has 68 valence electrons. The van der Waals surface area contributed by atoms with Crippen LogP contribution in [0.4, 0.5) is 0 Å². The normalized spacial score (nSPS) is 21.6. The molecule has 0 fully saturated rings. The molecule has 1 aromatic carbocycles. The van der Waals surface area contributed by atoms with Gasteiger partial charge >= 0.3 is 0 Å². The maximum atomic E-state index is 11.3. The van der Waals surface area contributed by atoms with Crippen LogP contribution in [-0.2, 0) is 11.2 Å². The number of carbonyl (C=O) groups excluding carboxylic acids is 1. The molecule has 2 rings (SSSR count). The van der Waals surface area contributed by atoms with Crippen molar-refractivity contribution in [2.75, 3.05) is 6.54 Å². The van der Waals surface area contributed by atoms with Crippen LogP contribution in [0.25, 0.3) is 0 Å². The third-order valence-corrected chi connectivity index (χ3v) is 2.37. The lowest BCUT2D eigenvalue weighted by molar-refractivity contribution is -0.122. The zero-order valence-electron chi connectivity index (χ0n) is 7.29. The molecule has 0 radical (unpaired) electrons. The number of nitrogens with two attached hydrogens (primary N) is 1. The fraction of sp³-hybridized carbons (Fsp3) is 0.300. The van der Waals surface area contributed by atoms with Crippen LogP contribution in [0.15, 0.2) is 24.3 Å². The summed E-state index contributed by atoms with van der Waals surface area (Å²) in [6.07, 6.45) is 0.871. The fourth-order valence-corrected chi connectivity index (χ4v) is 1.64. The van der Waals surface area contributed by atoms with Gasteiger partial charge in [-0.1, -0.05) is 24.3 Å². The van der Waals surface area contributed by atoms with Crippen molar-refractivity contribution in [2.24, 2.45) is 5.73 Å². The van der Waals surface area contributed by atoms with Crippen molar-refractivity contribution in [3.8, 4) is 0 Å². The molecule has 0 bridgehead atoms. The minimum atomic E-state index is -0.501. The van der Waals surface area contributed by atoms with Crippen LogP contribution < -0.4 is 11.1 Å². The lowest BCUT2D eigenvalue weighted by atomic mass is 10.00. The highest BCUT2D eigenvalue weighted by atomic mass is 16.2. The summed E-state index contributed by atoms with van der Waals surface area (Å²) in [6.45, 7) is 0.684. The van der Waals surface area contributed by atoms with Crippen LogP contribution in [0.5, 0.6) is 0 Å². The predicted molar refractivity (Wildman–Crippen MR) is 50.1 cm³/mol. The summed E-state index contributed by atoms with van der Waals surface area (Å²) in [4.78, 5) is 11.3. The summed E-state index contributed by atoms with van der Waals surface area (Å²) in [5, 5.41) is 2.78. The summed E-state index contributed by atoms with van der Waals surface area (Å²) in [7, 11) is 0. The number of rotatable bonds is 0. The summed E-state index contributed by atoms with van der Waals surface area (Å²) in [5.74, 6) is -0.0787. The second kappa shape index (κ2) is 3.18. The van der Waals surface area contributed by atoms with Gasteiger partial charge < -0.3 is 11.1 Å². The average molecular weight is 176 g/mol. The molecule has 1 aromatic rings. The highest BCUT2D eigenvalue weighted by Crippen LogP contribution is 2.18. The molecule has 1 atom stereocenters. The molecule has 0 saturated carbocycles. The Morgan fingerprint density at radius 2 is 2.15 bits per heavy atom. The molecule has 0 aliphatic carbocycles. The average Bonchev–Trinajstić information content (AvgIpc) is 2.29. The summed E-state index contributed by atoms with van der Waals surface area (Å²) in [5.41, 5.74) is 7.91. The van der Waals surface area contributed by atoms with E-state index in [2.05, 4.69) is 5.32 Å². The highest BCUT2D eigenvalue weighted by molar-refractivity contribution is 5.83. The minimum Gasteiger partial charge on any atom is -0.354 e. The van der Waals surface area contributed by atoms with Crippen LogP contribution in [0.2, 0.25) is 0 Å². The van der Waals surface area contributed by atoms with E-state index in [1.54, 1.807) is 0 Å². The summed E-state index contributed by atoms with van der Waals surface area (Å²) < 4.78 is 0. The van der Waals surface area contributed by atoms with Gasteiger partial charge in [-0.2, -0.15) is 0 Å². The Balaban J connectivity index is 2.46. The first-order chi connectivity index (χ1) is 6.29. The van der Waals surface area contributed by atoms with Crippen molar-refractivity contribution in [2.45, 2.75) is 12.5 Å². The molecule has 1 heterocycles. The number of fused-ring (bicyclic) bond motifs is 1. The Morgan fingerprint density at radius 3 is 3.00 bits per heavy atom. The lowest BCUT2D eigenvalue weighted by Crippen LogP contribution is -2.32. The molecule has 0 aromatic heterocycles. The molecular formula is C10H12N2O. The zero-order chi connectivity index (χ0) is 9.26. The number of amides is 1. The van der Waals surface area contributed by atoms with E-state index in [1.807, 2.05) is 24.3 Å². The van der Waals surface area contributed by atoms with Crippen molar-refractivity contribution < 1.29 is 4.79 Å². The van der Waals surface area contributed by atoms with Gasteiger partial charge in [-0.05, 0) is 17.5 Å². The quantitative estimate of drug-likeness (QED) is 0.599. The van der Waals surface area contributed by atoms with Crippen molar-refractivity contribution in [3.05, 3.63) is 35.4 Å². The predicted octanol–water partition coefficient (Wildman–Crippen LogP) is 0.359. The first-order valence-corrected chi connectivity index (χ1v) is 4.40. The topological polar surface area (TPSA) is 55.1 Å². The number of hydrogen-bond acceptors (Lipinski definition) is 2. The van der Waals surface area contributed by atoms with Crippen molar-refractivity contribution >= 4 is 5.91 Å². The highest BCUT2D eigenvalue weighted by Gasteiger charge is 2.20. The van der Waals surface area contributed by atoms with E-state index in [9.17, 15) is 4.79 Å². The van der Waals surface area contributed by atoms with Crippen molar-refractivity contribution in [1.29, 1.82) is 0 Å². The third-order valence-electron chi connectivity index (χ3n) is 2.37. The maximum Gasteiger partial charge on any atom is 0.241 e. The summed E-state index contributed by atoms with van der Waals surface area (Å²) in [6, 6.07) is 7.33. The Hall–Kier alpha value is -1.35. The monoisotopic (exact) mass is 176 g/mol. The van der Waals surface area contributed by atoms with E-state index < -0.39 is 6.04 Å². The van der Waals surface area contributed by atoms with E-state index in [4.69, 9.17) is 5.73 Å². The number of nitrogens with one attached hydrogen (secondary N) is 1. The number of benzene rings is 1. The van der Waals surface area contributed by atoms with Gasteiger partial charge in [0.05, 0.1) is 0 Å².